The predicted molar refractivity (Wildman–Crippen MR) is 75.2 cm³/mol. The van der Waals surface area contributed by atoms with Gasteiger partial charge in [0.25, 0.3) is 0 Å². The fourth-order valence-corrected chi connectivity index (χ4v) is 2.15. The normalized spacial score (nSPS) is 10.0. The van der Waals surface area contributed by atoms with Crippen molar-refractivity contribution >= 4 is 29.3 Å². The van der Waals surface area contributed by atoms with Gasteiger partial charge in [0, 0.05) is 25.4 Å². The molecular weight excluding hydrogens is 298 g/mol. The lowest BCUT2D eigenvalue weighted by Gasteiger charge is -2.17. The number of thiazole rings is 1. The summed E-state index contributed by atoms with van der Waals surface area (Å²) in [5, 5.41) is 13.3. The number of methoxy groups -OCH3 is 1. The quantitative estimate of drug-likeness (QED) is 0.725. The van der Waals surface area contributed by atoms with E-state index in [4.69, 9.17) is 5.11 Å². The molecule has 0 aromatic carbocycles. The molecule has 0 bridgehead atoms. The lowest BCUT2D eigenvalue weighted by Crippen LogP contribution is -2.37. The number of rotatable bonds is 7. The Morgan fingerprint density at radius 3 is 2.76 bits per heavy atom. The molecular formula is C12H17N3O5S. The van der Waals surface area contributed by atoms with Gasteiger partial charge in [0.1, 0.15) is 5.01 Å². The Hall–Kier alpha value is -2.16. The Kier molecular flexibility index (Phi) is 6.60. The number of carbonyl (C=O) groups excluding carboxylic acids is 2. The fraction of sp³-hybridized carbons (Fsp3) is 0.500. The van der Waals surface area contributed by atoms with Gasteiger partial charge in [-0.05, 0) is 6.42 Å². The van der Waals surface area contributed by atoms with Crippen LogP contribution in [0, 0.1) is 0 Å². The van der Waals surface area contributed by atoms with Crippen molar-refractivity contribution in [2.45, 2.75) is 19.4 Å². The first kappa shape index (κ1) is 16.9. The summed E-state index contributed by atoms with van der Waals surface area (Å²) < 4.78 is 4.51. The van der Waals surface area contributed by atoms with E-state index in [1.807, 2.05) is 0 Å². The number of aromatic carboxylic acids is 1. The van der Waals surface area contributed by atoms with Crippen LogP contribution in [0.15, 0.2) is 5.38 Å². The largest absolute Gasteiger partial charge is 0.476 e. The molecule has 0 aliphatic heterocycles. The maximum absolute atomic E-state index is 11.8. The molecule has 0 saturated carbocycles. The maximum atomic E-state index is 11.8. The molecule has 0 spiro atoms. The minimum Gasteiger partial charge on any atom is -0.476 e. The van der Waals surface area contributed by atoms with E-state index in [9.17, 15) is 14.4 Å². The smallest absolute Gasteiger partial charge is 0.355 e. The van der Waals surface area contributed by atoms with E-state index in [-0.39, 0.29) is 30.7 Å². The van der Waals surface area contributed by atoms with Crippen molar-refractivity contribution in [3.05, 3.63) is 16.1 Å². The van der Waals surface area contributed by atoms with Crippen LogP contribution in [0.2, 0.25) is 0 Å². The molecule has 0 aliphatic rings. The third kappa shape index (κ3) is 5.78. The Morgan fingerprint density at radius 1 is 1.48 bits per heavy atom. The Bertz CT molecular complexity index is 517. The second-order valence-corrected chi connectivity index (χ2v) is 5.13. The number of carbonyl (C=O) groups is 3. The van der Waals surface area contributed by atoms with Crippen LogP contribution in [0.5, 0.6) is 0 Å². The highest BCUT2D eigenvalue weighted by molar-refractivity contribution is 7.09. The average molecular weight is 315 g/mol. The van der Waals surface area contributed by atoms with Crippen LogP contribution >= 0.6 is 11.3 Å². The van der Waals surface area contributed by atoms with E-state index in [0.717, 1.165) is 0 Å². The predicted octanol–water partition coefficient (Wildman–Crippen LogP) is 0.936. The van der Waals surface area contributed by atoms with E-state index in [1.165, 1.54) is 28.7 Å². The zero-order valence-electron chi connectivity index (χ0n) is 11.8. The van der Waals surface area contributed by atoms with E-state index < -0.39 is 5.97 Å². The Labute approximate surface area is 125 Å². The van der Waals surface area contributed by atoms with Gasteiger partial charge in [0.2, 0.25) is 0 Å². The van der Waals surface area contributed by atoms with Gasteiger partial charge in [-0.15, -0.1) is 11.3 Å². The van der Waals surface area contributed by atoms with Crippen molar-refractivity contribution in [1.29, 1.82) is 0 Å². The molecule has 1 rings (SSSR count). The summed E-state index contributed by atoms with van der Waals surface area (Å²) in [6.07, 6.45) is 0.763. The van der Waals surface area contributed by atoms with Crippen molar-refractivity contribution in [3.63, 3.8) is 0 Å². The molecule has 9 heteroatoms. The van der Waals surface area contributed by atoms with Crippen LogP contribution in [0.25, 0.3) is 0 Å². The molecule has 2 N–H and O–H groups in total. The van der Waals surface area contributed by atoms with Crippen molar-refractivity contribution in [3.8, 4) is 0 Å². The van der Waals surface area contributed by atoms with Crippen LogP contribution in [0.1, 0.15) is 28.3 Å². The lowest BCUT2D eigenvalue weighted by atomic mass is 10.3. The zero-order valence-corrected chi connectivity index (χ0v) is 12.6. The number of aromatic nitrogens is 1. The number of hydrogen-bond acceptors (Lipinski definition) is 6. The number of nitrogens with zero attached hydrogens (tertiary/aromatic N) is 2. The van der Waals surface area contributed by atoms with Gasteiger partial charge in [-0.25, -0.2) is 14.6 Å². The zero-order chi connectivity index (χ0) is 15.8. The van der Waals surface area contributed by atoms with Gasteiger partial charge in [0.05, 0.1) is 13.7 Å². The van der Waals surface area contributed by atoms with Gasteiger partial charge >= 0.3 is 18.0 Å². The van der Waals surface area contributed by atoms with E-state index in [2.05, 4.69) is 15.0 Å². The lowest BCUT2D eigenvalue weighted by molar-refractivity contribution is -0.140. The maximum Gasteiger partial charge on any atom is 0.355 e. The summed E-state index contributed by atoms with van der Waals surface area (Å²) in [6, 6.07) is -0.313. The van der Waals surface area contributed by atoms with Crippen LogP contribution in [0.3, 0.4) is 0 Å². The molecule has 0 unspecified atom stereocenters. The van der Waals surface area contributed by atoms with E-state index in [0.29, 0.717) is 18.0 Å². The average Bonchev–Trinajstić information content (AvgIpc) is 2.93. The highest BCUT2D eigenvalue weighted by Gasteiger charge is 2.12. The van der Waals surface area contributed by atoms with Gasteiger partial charge in [-0.1, -0.05) is 0 Å². The minimum atomic E-state index is -1.09. The number of amides is 2. The van der Waals surface area contributed by atoms with Crippen molar-refractivity contribution in [2.75, 3.05) is 20.7 Å². The van der Waals surface area contributed by atoms with Gasteiger partial charge in [-0.2, -0.15) is 0 Å². The monoisotopic (exact) mass is 315 g/mol. The molecule has 1 aromatic heterocycles. The molecule has 0 saturated heterocycles. The third-order valence-corrected chi connectivity index (χ3v) is 3.46. The van der Waals surface area contributed by atoms with E-state index in [1.54, 1.807) is 7.05 Å². The number of hydrogen-bond donors (Lipinski definition) is 2. The highest BCUT2D eigenvalue weighted by Crippen LogP contribution is 2.09. The minimum absolute atomic E-state index is 0.0318. The van der Waals surface area contributed by atoms with Crippen LogP contribution < -0.4 is 5.32 Å². The molecule has 116 valence electrons. The standard InChI is InChI=1S/C12H17N3O5S/c1-15(5-3-4-10(16)20-2)12(19)13-6-9-14-8(7-21-9)11(17)18/h7H,3-6H2,1-2H3,(H,13,19)(H,17,18). The van der Waals surface area contributed by atoms with Gasteiger partial charge < -0.3 is 20.1 Å². The first-order valence-corrected chi connectivity index (χ1v) is 7.05. The Morgan fingerprint density at radius 2 is 2.19 bits per heavy atom. The topological polar surface area (TPSA) is 109 Å². The summed E-state index contributed by atoms with van der Waals surface area (Å²) in [5.74, 6) is -1.41. The summed E-state index contributed by atoms with van der Waals surface area (Å²) in [6.45, 7) is 0.581. The number of esters is 1. The highest BCUT2D eigenvalue weighted by atomic mass is 32.1. The van der Waals surface area contributed by atoms with Crippen LogP contribution in [0.4, 0.5) is 4.79 Å². The number of nitrogens with one attached hydrogen (secondary N) is 1. The molecule has 1 aromatic rings. The van der Waals surface area contributed by atoms with Crippen molar-refractivity contribution in [1.82, 2.24) is 15.2 Å². The molecule has 0 aliphatic carbocycles. The molecule has 21 heavy (non-hydrogen) atoms. The van der Waals surface area contributed by atoms with Crippen molar-refractivity contribution in [2.24, 2.45) is 0 Å². The fourth-order valence-electron chi connectivity index (χ4n) is 1.44. The van der Waals surface area contributed by atoms with Gasteiger partial charge in [0.15, 0.2) is 5.69 Å². The first-order chi connectivity index (χ1) is 9.93. The summed E-state index contributed by atoms with van der Waals surface area (Å²) in [7, 11) is 2.93. The SMILES string of the molecule is COC(=O)CCCN(C)C(=O)NCc1nc(C(=O)O)cs1. The molecule has 0 fully saturated rings. The molecule has 1 heterocycles. The third-order valence-electron chi connectivity index (χ3n) is 2.61. The number of urea groups is 1. The summed E-state index contributed by atoms with van der Waals surface area (Å²) >= 11 is 1.17. The molecule has 0 atom stereocenters. The molecule has 8 nitrogen and oxygen atoms in total. The second-order valence-electron chi connectivity index (χ2n) is 4.19. The number of ether oxygens (including phenoxy) is 1. The van der Waals surface area contributed by atoms with Gasteiger partial charge in [-0.3, -0.25) is 4.79 Å². The van der Waals surface area contributed by atoms with Crippen molar-refractivity contribution < 1.29 is 24.2 Å². The van der Waals surface area contributed by atoms with E-state index >= 15 is 0 Å². The van der Waals surface area contributed by atoms with Crippen LogP contribution in [-0.2, 0) is 16.1 Å². The first-order valence-electron chi connectivity index (χ1n) is 6.17. The second kappa shape index (κ2) is 8.20. The summed E-state index contributed by atoms with van der Waals surface area (Å²) in [5.41, 5.74) is -0.0318. The van der Waals surface area contributed by atoms with Crippen LogP contribution in [-0.4, -0.2) is 53.7 Å². The molecule has 2 amide bonds. The number of carboxylic acid groups (broad SMARTS) is 1. The summed E-state index contributed by atoms with van der Waals surface area (Å²) in [4.78, 5) is 38.7. The number of carboxylic acids is 1. The Balaban J connectivity index is 2.31. The molecule has 0 radical (unpaired) electrons.